The summed E-state index contributed by atoms with van der Waals surface area (Å²) in [7, 11) is 5.00. The van der Waals surface area contributed by atoms with Crippen LogP contribution in [0, 0.1) is 0 Å². The van der Waals surface area contributed by atoms with Crippen molar-refractivity contribution >= 4 is 5.91 Å². The van der Waals surface area contributed by atoms with Crippen molar-refractivity contribution in [1.82, 2.24) is 10.2 Å². The summed E-state index contributed by atoms with van der Waals surface area (Å²) >= 11 is 0. The Morgan fingerprint density at radius 3 is 2.29 bits per heavy atom. The molecule has 1 heterocycles. The van der Waals surface area contributed by atoms with Crippen LogP contribution in [-0.2, 0) is 13.0 Å². The molecule has 1 aliphatic rings. The number of nitrogens with one attached hydrogen (secondary N) is 1. The van der Waals surface area contributed by atoms with Crippen LogP contribution < -0.4 is 19.5 Å². The Kier molecular flexibility index (Phi) is 7.93. The molecule has 1 N–H and O–H groups in total. The Hall–Kier alpha value is -3.51. The molecule has 184 valence electrons. The standard InChI is InChI=1S/C29H34N2O4/c1-5-25(30-29(32)21-9-7-6-8-10-21)28-24-18-27(35-4)26(34-3)17-22(24)15-16-31(28)19-20-11-13-23(33-2)14-12-20/h6-14,17-18,25,28H,5,15-16,19H2,1-4H3,(H,30,32)/t25-,28+/m0/s1. The van der Waals surface area contributed by atoms with E-state index in [-0.39, 0.29) is 18.0 Å². The number of hydrogen-bond acceptors (Lipinski definition) is 5. The fourth-order valence-corrected chi connectivity index (χ4v) is 4.89. The molecule has 3 aromatic rings. The van der Waals surface area contributed by atoms with Gasteiger partial charge in [-0.25, -0.2) is 0 Å². The molecule has 0 unspecified atom stereocenters. The van der Waals surface area contributed by atoms with Crippen LogP contribution in [0.25, 0.3) is 0 Å². The van der Waals surface area contributed by atoms with Gasteiger partial charge in [-0.15, -0.1) is 0 Å². The lowest BCUT2D eigenvalue weighted by Crippen LogP contribution is -2.48. The highest BCUT2D eigenvalue weighted by Crippen LogP contribution is 2.40. The van der Waals surface area contributed by atoms with Gasteiger partial charge in [0.15, 0.2) is 11.5 Å². The third-order valence-electron chi connectivity index (χ3n) is 6.74. The molecule has 0 bridgehead atoms. The summed E-state index contributed by atoms with van der Waals surface area (Å²) in [6.45, 7) is 3.76. The van der Waals surface area contributed by atoms with E-state index in [9.17, 15) is 4.79 Å². The van der Waals surface area contributed by atoms with E-state index in [1.54, 1.807) is 21.3 Å². The number of rotatable bonds is 9. The SMILES string of the molecule is CC[C@H](NC(=O)c1ccccc1)[C@H]1c2cc(OC)c(OC)cc2CCN1Cc1ccc(OC)cc1. The first kappa shape index (κ1) is 24.6. The number of ether oxygens (including phenoxy) is 3. The van der Waals surface area contributed by atoms with Crippen molar-refractivity contribution in [2.45, 2.75) is 38.4 Å². The molecular formula is C29H34N2O4. The fraction of sp³-hybridized carbons (Fsp3) is 0.345. The van der Waals surface area contributed by atoms with Crippen LogP contribution in [0.5, 0.6) is 17.2 Å². The molecular weight excluding hydrogens is 440 g/mol. The minimum absolute atomic E-state index is 0.0154. The van der Waals surface area contributed by atoms with E-state index in [0.717, 1.165) is 37.4 Å². The Labute approximate surface area is 207 Å². The molecule has 35 heavy (non-hydrogen) atoms. The van der Waals surface area contributed by atoms with Crippen molar-refractivity contribution in [3.63, 3.8) is 0 Å². The third-order valence-corrected chi connectivity index (χ3v) is 6.74. The maximum Gasteiger partial charge on any atom is 0.251 e. The van der Waals surface area contributed by atoms with Crippen molar-refractivity contribution < 1.29 is 19.0 Å². The molecule has 1 aliphatic heterocycles. The van der Waals surface area contributed by atoms with Crippen molar-refractivity contribution in [3.8, 4) is 17.2 Å². The van der Waals surface area contributed by atoms with E-state index in [0.29, 0.717) is 11.3 Å². The number of carbonyl (C=O) groups is 1. The number of benzene rings is 3. The summed E-state index contributed by atoms with van der Waals surface area (Å²) in [5.74, 6) is 2.21. The molecule has 2 atom stereocenters. The van der Waals surface area contributed by atoms with Crippen LogP contribution >= 0.6 is 0 Å². The van der Waals surface area contributed by atoms with Gasteiger partial charge in [-0.2, -0.15) is 0 Å². The first-order valence-electron chi connectivity index (χ1n) is 12.1. The smallest absolute Gasteiger partial charge is 0.251 e. The lowest BCUT2D eigenvalue weighted by atomic mass is 9.86. The predicted molar refractivity (Wildman–Crippen MR) is 137 cm³/mol. The molecule has 0 spiro atoms. The number of methoxy groups -OCH3 is 3. The number of fused-ring (bicyclic) bond motifs is 1. The number of carbonyl (C=O) groups excluding carboxylic acids is 1. The van der Waals surface area contributed by atoms with E-state index in [2.05, 4.69) is 41.4 Å². The van der Waals surface area contributed by atoms with Gasteiger partial charge in [0, 0.05) is 24.7 Å². The van der Waals surface area contributed by atoms with Gasteiger partial charge in [0.1, 0.15) is 5.75 Å². The molecule has 0 saturated heterocycles. The van der Waals surface area contributed by atoms with Crippen LogP contribution in [0.3, 0.4) is 0 Å². The molecule has 0 fully saturated rings. The van der Waals surface area contributed by atoms with E-state index in [1.807, 2.05) is 42.5 Å². The van der Waals surface area contributed by atoms with Crippen LogP contribution in [0.4, 0.5) is 0 Å². The summed E-state index contributed by atoms with van der Waals surface area (Å²) in [6, 6.07) is 21.6. The Morgan fingerprint density at radius 1 is 0.971 bits per heavy atom. The largest absolute Gasteiger partial charge is 0.497 e. The summed E-state index contributed by atoms with van der Waals surface area (Å²) in [6.07, 6.45) is 1.68. The molecule has 0 saturated carbocycles. The zero-order valence-corrected chi connectivity index (χ0v) is 20.9. The molecule has 6 nitrogen and oxygen atoms in total. The van der Waals surface area contributed by atoms with E-state index < -0.39 is 0 Å². The van der Waals surface area contributed by atoms with Gasteiger partial charge in [0.05, 0.1) is 27.4 Å². The summed E-state index contributed by atoms with van der Waals surface area (Å²) < 4.78 is 16.5. The van der Waals surface area contributed by atoms with Gasteiger partial charge in [0.25, 0.3) is 5.91 Å². The zero-order valence-electron chi connectivity index (χ0n) is 20.9. The van der Waals surface area contributed by atoms with Gasteiger partial charge in [-0.1, -0.05) is 37.3 Å². The molecule has 0 aliphatic carbocycles. The van der Waals surface area contributed by atoms with Gasteiger partial charge < -0.3 is 19.5 Å². The second-order valence-corrected chi connectivity index (χ2v) is 8.77. The number of amides is 1. The average molecular weight is 475 g/mol. The van der Waals surface area contributed by atoms with Crippen molar-refractivity contribution in [1.29, 1.82) is 0 Å². The first-order valence-corrected chi connectivity index (χ1v) is 12.1. The Balaban J connectivity index is 1.70. The minimum Gasteiger partial charge on any atom is -0.497 e. The lowest BCUT2D eigenvalue weighted by Gasteiger charge is -2.42. The normalized spacial score (nSPS) is 16.2. The summed E-state index contributed by atoms with van der Waals surface area (Å²) in [5.41, 5.74) is 4.26. The van der Waals surface area contributed by atoms with Gasteiger partial charge in [0.2, 0.25) is 0 Å². The minimum atomic E-state index is -0.0851. The van der Waals surface area contributed by atoms with Crippen LogP contribution in [-0.4, -0.2) is 44.7 Å². The van der Waals surface area contributed by atoms with Crippen LogP contribution in [0.1, 0.15) is 46.4 Å². The van der Waals surface area contributed by atoms with Crippen molar-refractivity contribution in [3.05, 3.63) is 89.0 Å². The van der Waals surface area contributed by atoms with E-state index >= 15 is 0 Å². The van der Waals surface area contributed by atoms with Crippen LogP contribution in [0.15, 0.2) is 66.7 Å². The highest BCUT2D eigenvalue weighted by atomic mass is 16.5. The molecule has 6 heteroatoms. The fourth-order valence-electron chi connectivity index (χ4n) is 4.89. The first-order chi connectivity index (χ1) is 17.1. The maximum absolute atomic E-state index is 13.1. The second kappa shape index (κ2) is 11.3. The number of nitrogens with zero attached hydrogens (tertiary/aromatic N) is 1. The van der Waals surface area contributed by atoms with Gasteiger partial charge in [-0.05, 0) is 65.9 Å². The maximum atomic E-state index is 13.1. The molecule has 3 aromatic carbocycles. The second-order valence-electron chi connectivity index (χ2n) is 8.77. The van der Waals surface area contributed by atoms with Gasteiger partial charge >= 0.3 is 0 Å². The molecule has 4 rings (SSSR count). The Morgan fingerprint density at radius 2 is 1.66 bits per heavy atom. The quantitative estimate of drug-likeness (QED) is 0.472. The van der Waals surface area contributed by atoms with E-state index in [4.69, 9.17) is 14.2 Å². The summed E-state index contributed by atoms with van der Waals surface area (Å²) in [4.78, 5) is 15.6. The monoisotopic (exact) mass is 474 g/mol. The predicted octanol–water partition coefficient (Wildman–Crippen LogP) is 5.02. The average Bonchev–Trinajstić information content (AvgIpc) is 2.91. The Bertz CT molecular complexity index is 1130. The van der Waals surface area contributed by atoms with Crippen molar-refractivity contribution in [2.75, 3.05) is 27.9 Å². The van der Waals surface area contributed by atoms with Crippen LogP contribution in [0.2, 0.25) is 0 Å². The highest BCUT2D eigenvalue weighted by molar-refractivity contribution is 5.94. The third kappa shape index (κ3) is 5.43. The van der Waals surface area contributed by atoms with Gasteiger partial charge in [-0.3, -0.25) is 9.69 Å². The number of hydrogen-bond donors (Lipinski definition) is 1. The topological polar surface area (TPSA) is 60.0 Å². The molecule has 1 amide bonds. The summed E-state index contributed by atoms with van der Waals surface area (Å²) in [5, 5.41) is 3.32. The van der Waals surface area contributed by atoms with E-state index in [1.165, 1.54) is 16.7 Å². The zero-order chi connectivity index (χ0) is 24.8. The van der Waals surface area contributed by atoms with Crippen molar-refractivity contribution in [2.24, 2.45) is 0 Å². The molecule has 0 aromatic heterocycles. The molecule has 0 radical (unpaired) electrons. The highest BCUT2D eigenvalue weighted by Gasteiger charge is 2.35. The lowest BCUT2D eigenvalue weighted by molar-refractivity contribution is 0.0859.